The number of nitrogens with zero attached hydrogens (tertiary/aromatic N) is 1. The normalized spacial score (nSPS) is 26.4. The summed E-state index contributed by atoms with van der Waals surface area (Å²) in [6, 6.07) is 4.60. The number of halogens is 1. The van der Waals surface area contributed by atoms with Gasteiger partial charge >= 0.3 is 0 Å². The number of nitrogens with one attached hydrogen (secondary N) is 1. The number of amides is 1. The summed E-state index contributed by atoms with van der Waals surface area (Å²) in [4.78, 5) is 15.9. The van der Waals surface area contributed by atoms with Crippen molar-refractivity contribution >= 4 is 29.7 Å². The monoisotopic (exact) mass is 300 g/mol. The molecular weight excluding hydrogens is 280 g/mol. The number of hydrogen-bond donors (Lipinski definition) is 1. The molecule has 0 aliphatic carbocycles. The third-order valence-corrected chi connectivity index (χ3v) is 5.04. The van der Waals surface area contributed by atoms with Gasteiger partial charge in [0, 0.05) is 17.8 Å². The number of hydrogen-bond acceptors (Lipinski definition) is 3. The minimum absolute atomic E-state index is 0. The Morgan fingerprint density at radius 1 is 1.47 bits per heavy atom. The van der Waals surface area contributed by atoms with Crippen LogP contribution in [0.4, 0.5) is 0 Å². The van der Waals surface area contributed by atoms with Gasteiger partial charge in [0.05, 0.1) is 6.04 Å². The van der Waals surface area contributed by atoms with Crippen LogP contribution >= 0.6 is 23.7 Å². The van der Waals surface area contributed by atoms with Gasteiger partial charge in [-0.3, -0.25) is 4.79 Å². The van der Waals surface area contributed by atoms with Gasteiger partial charge in [-0.1, -0.05) is 6.07 Å². The van der Waals surface area contributed by atoms with E-state index >= 15 is 0 Å². The standard InChI is InChI=1S/C14H20N2OS.ClH/c17-14(9-11-5-6-15-10-11)16-7-1-3-12(16)13-4-2-8-18-13;/h2,4,8,11-12,15H,1,3,5-7,9-10H2;1H. The maximum Gasteiger partial charge on any atom is 0.223 e. The first-order valence-corrected chi connectivity index (χ1v) is 7.76. The fraction of sp³-hybridized carbons (Fsp3) is 0.643. The van der Waals surface area contributed by atoms with Crippen molar-refractivity contribution < 1.29 is 4.79 Å². The van der Waals surface area contributed by atoms with E-state index in [0.717, 1.165) is 45.3 Å². The topological polar surface area (TPSA) is 32.3 Å². The lowest BCUT2D eigenvalue weighted by Crippen LogP contribution is -2.31. The highest BCUT2D eigenvalue weighted by Gasteiger charge is 2.31. The second-order valence-electron chi connectivity index (χ2n) is 5.32. The first kappa shape index (κ1) is 14.8. The van der Waals surface area contributed by atoms with Crippen LogP contribution in [0.1, 0.15) is 36.6 Å². The molecule has 1 aromatic rings. The smallest absolute Gasteiger partial charge is 0.223 e. The Morgan fingerprint density at radius 3 is 3.05 bits per heavy atom. The molecule has 2 atom stereocenters. The predicted molar refractivity (Wildman–Crippen MR) is 80.8 cm³/mol. The third-order valence-electron chi connectivity index (χ3n) is 4.07. The molecule has 19 heavy (non-hydrogen) atoms. The Bertz CT molecular complexity index is 404. The zero-order valence-electron chi connectivity index (χ0n) is 11.0. The van der Waals surface area contributed by atoms with Crippen LogP contribution in [0, 0.1) is 5.92 Å². The molecule has 1 aromatic heterocycles. The van der Waals surface area contributed by atoms with Crippen LogP contribution in [-0.4, -0.2) is 30.4 Å². The van der Waals surface area contributed by atoms with E-state index in [1.807, 2.05) is 0 Å². The Balaban J connectivity index is 0.00000133. The molecule has 5 heteroatoms. The Morgan fingerprint density at radius 2 is 2.37 bits per heavy atom. The number of carbonyl (C=O) groups excluding carboxylic acids is 1. The molecule has 0 spiro atoms. The highest BCUT2D eigenvalue weighted by atomic mass is 35.5. The van der Waals surface area contributed by atoms with Crippen molar-refractivity contribution in [1.29, 1.82) is 0 Å². The molecule has 0 aromatic carbocycles. The summed E-state index contributed by atoms with van der Waals surface area (Å²) >= 11 is 1.78. The van der Waals surface area contributed by atoms with Gasteiger partial charge in [0.2, 0.25) is 5.91 Å². The summed E-state index contributed by atoms with van der Waals surface area (Å²) in [5, 5.41) is 5.45. The predicted octanol–water partition coefficient (Wildman–Crippen LogP) is 2.83. The van der Waals surface area contributed by atoms with E-state index in [2.05, 4.69) is 27.7 Å². The minimum atomic E-state index is 0. The van der Waals surface area contributed by atoms with Crippen molar-refractivity contribution in [3.8, 4) is 0 Å². The quantitative estimate of drug-likeness (QED) is 0.931. The highest BCUT2D eigenvalue weighted by Crippen LogP contribution is 2.35. The van der Waals surface area contributed by atoms with E-state index in [1.54, 1.807) is 11.3 Å². The third kappa shape index (κ3) is 3.30. The van der Waals surface area contributed by atoms with Gasteiger partial charge in [0.1, 0.15) is 0 Å². The van der Waals surface area contributed by atoms with Crippen LogP contribution in [0.25, 0.3) is 0 Å². The number of likely N-dealkylation sites (tertiary alicyclic amines) is 1. The second kappa shape index (κ2) is 6.73. The first-order chi connectivity index (χ1) is 8.84. The van der Waals surface area contributed by atoms with Crippen molar-refractivity contribution in [1.82, 2.24) is 10.2 Å². The minimum Gasteiger partial charge on any atom is -0.335 e. The van der Waals surface area contributed by atoms with Gasteiger partial charge < -0.3 is 10.2 Å². The van der Waals surface area contributed by atoms with Gasteiger partial charge in [-0.05, 0) is 49.7 Å². The van der Waals surface area contributed by atoms with Crippen LogP contribution in [0.2, 0.25) is 0 Å². The van der Waals surface area contributed by atoms with Crippen molar-refractivity contribution in [2.24, 2.45) is 5.92 Å². The average molecular weight is 301 g/mol. The maximum absolute atomic E-state index is 12.4. The van der Waals surface area contributed by atoms with E-state index < -0.39 is 0 Å². The molecule has 0 saturated carbocycles. The zero-order chi connectivity index (χ0) is 12.4. The van der Waals surface area contributed by atoms with Crippen LogP contribution in [0.5, 0.6) is 0 Å². The zero-order valence-corrected chi connectivity index (χ0v) is 12.6. The molecule has 1 N–H and O–H groups in total. The lowest BCUT2D eigenvalue weighted by Gasteiger charge is -2.25. The maximum atomic E-state index is 12.4. The van der Waals surface area contributed by atoms with Crippen LogP contribution < -0.4 is 5.32 Å². The summed E-state index contributed by atoms with van der Waals surface area (Å²) in [6.45, 7) is 3.04. The molecule has 3 heterocycles. The average Bonchev–Trinajstić information content (AvgIpc) is 3.11. The number of carbonyl (C=O) groups is 1. The van der Waals surface area contributed by atoms with E-state index in [0.29, 0.717) is 17.9 Å². The van der Waals surface area contributed by atoms with Crippen LogP contribution in [-0.2, 0) is 4.79 Å². The number of thiophene rings is 1. The fourth-order valence-electron chi connectivity index (χ4n) is 3.09. The van der Waals surface area contributed by atoms with Crippen molar-refractivity contribution in [2.75, 3.05) is 19.6 Å². The SMILES string of the molecule is Cl.O=C(CC1CCNC1)N1CCCC1c1cccs1. The molecule has 106 valence electrons. The van der Waals surface area contributed by atoms with Crippen LogP contribution in [0.15, 0.2) is 17.5 Å². The summed E-state index contributed by atoms with van der Waals surface area (Å²) in [7, 11) is 0. The van der Waals surface area contributed by atoms with E-state index in [-0.39, 0.29) is 12.4 Å². The molecule has 2 unspecified atom stereocenters. The fourth-order valence-corrected chi connectivity index (χ4v) is 3.97. The Labute approximate surface area is 124 Å². The molecule has 3 rings (SSSR count). The first-order valence-electron chi connectivity index (χ1n) is 6.88. The molecular formula is C14H21ClN2OS. The van der Waals surface area contributed by atoms with Crippen molar-refractivity contribution in [3.05, 3.63) is 22.4 Å². The molecule has 2 saturated heterocycles. The van der Waals surface area contributed by atoms with Crippen molar-refractivity contribution in [3.63, 3.8) is 0 Å². The van der Waals surface area contributed by atoms with E-state index in [1.165, 1.54) is 4.88 Å². The van der Waals surface area contributed by atoms with Gasteiger partial charge in [-0.2, -0.15) is 0 Å². The van der Waals surface area contributed by atoms with Gasteiger partial charge in [-0.25, -0.2) is 0 Å². The Kier molecular flexibility index (Phi) is 5.25. The van der Waals surface area contributed by atoms with E-state index in [4.69, 9.17) is 0 Å². The summed E-state index contributed by atoms with van der Waals surface area (Å²) in [5.74, 6) is 0.918. The van der Waals surface area contributed by atoms with Crippen LogP contribution in [0.3, 0.4) is 0 Å². The molecule has 3 nitrogen and oxygen atoms in total. The number of rotatable bonds is 3. The molecule has 2 fully saturated rings. The highest BCUT2D eigenvalue weighted by molar-refractivity contribution is 7.10. The largest absolute Gasteiger partial charge is 0.335 e. The summed E-state index contributed by atoms with van der Waals surface area (Å²) < 4.78 is 0. The molecule has 1 amide bonds. The molecule has 0 radical (unpaired) electrons. The molecule has 2 aliphatic heterocycles. The van der Waals surface area contributed by atoms with Gasteiger partial charge in [-0.15, -0.1) is 23.7 Å². The molecule has 2 aliphatic rings. The Hall–Kier alpha value is -0.580. The van der Waals surface area contributed by atoms with Crippen molar-refractivity contribution in [2.45, 2.75) is 31.7 Å². The lowest BCUT2D eigenvalue weighted by atomic mass is 10.0. The van der Waals surface area contributed by atoms with E-state index in [9.17, 15) is 4.79 Å². The second-order valence-corrected chi connectivity index (χ2v) is 6.30. The lowest BCUT2D eigenvalue weighted by molar-refractivity contribution is -0.133. The summed E-state index contributed by atoms with van der Waals surface area (Å²) in [5.41, 5.74) is 0. The molecule has 0 bridgehead atoms. The van der Waals surface area contributed by atoms with Gasteiger partial charge in [0.25, 0.3) is 0 Å². The summed E-state index contributed by atoms with van der Waals surface area (Å²) in [6.07, 6.45) is 4.17. The van der Waals surface area contributed by atoms with Gasteiger partial charge in [0.15, 0.2) is 0 Å².